The summed E-state index contributed by atoms with van der Waals surface area (Å²) in [7, 11) is 0. The molecule has 0 aliphatic heterocycles. The van der Waals surface area contributed by atoms with Gasteiger partial charge in [0, 0.05) is 0 Å². The number of rotatable bonds is 1. The Morgan fingerprint density at radius 1 is 1.82 bits per heavy atom. The number of carbonyl (C=O) groups is 1. The summed E-state index contributed by atoms with van der Waals surface area (Å²) in [4.78, 5) is 10.5. The lowest BCUT2D eigenvalue weighted by atomic mass is 10.2. The molecule has 1 rings (SSSR count). The normalized spacial score (nSPS) is 12.2. The monoisotopic (exact) mass is 220 g/mol. The largest absolute Gasteiger partial charge is 0.478 e. The molecular formula is C7H4BrFO2. The van der Waals surface area contributed by atoms with Gasteiger partial charge in [0.1, 0.15) is 5.82 Å². The van der Waals surface area contributed by atoms with E-state index in [1.54, 1.807) is 0 Å². The van der Waals surface area contributed by atoms with E-state index in [2.05, 4.69) is 15.9 Å². The van der Waals surface area contributed by atoms with Crippen LogP contribution in [0.1, 0.15) is 13.1 Å². The van der Waals surface area contributed by atoms with Crippen LogP contribution in [0.3, 0.4) is 0 Å². The van der Waals surface area contributed by atoms with Crippen molar-refractivity contribution in [3.05, 3.63) is 34.0 Å². The minimum absolute atomic E-state index is 0.235. The van der Waals surface area contributed by atoms with E-state index in [4.69, 9.17) is 7.85 Å². The van der Waals surface area contributed by atoms with Crippen molar-refractivity contribution in [1.29, 1.82) is 0 Å². The number of aromatic carboxylic acids is 1. The van der Waals surface area contributed by atoms with E-state index in [1.807, 2.05) is 0 Å². The van der Waals surface area contributed by atoms with Crippen LogP contribution in [-0.4, -0.2) is 11.1 Å². The van der Waals surface area contributed by atoms with Crippen molar-refractivity contribution in [3.8, 4) is 0 Å². The molecule has 0 aliphatic carbocycles. The molecule has 1 N–H and O–H groups in total. The van der Waals surface area contributed by atoms with Gasteiger partial charge in [0.15, 0.2) is 0 Å². The van der Waals surface area contributed by atoms with Crippen molar-refractivity contribution in [2.75, 3.05) is 0 Å². The first-order chi connectivity index (χ1) is 5.95. The average molecular weight is 221 g/mol. The smallest absolute Gasteiger partial charge is 0.335 e. The topological polar surface area (TPSA) is 37.3 Å². The molecule has 0 saturated heterocycles. The molecule has 1 aromatic carbocycles. The van der Waals surface area contributed by atoms with Crippen LogP contribution >= 0.6 is 15.9 Å². The van der Waals surface area contributed by atoms with Gasteiger partial charge in [-0.25, -0.2) is 9.18 Å². The molecule has 0 heterocycles. The zero-order chi connectivity index (χ0) is 10.2. The zero-order valence-electron chi connectivity index (χ0n) is 7.19. The van der Waals surface area contributed by atoms with E-state index in [-0.39, 0.29) is 4.47 Å². The molecule has 0 fully saturated rings. The summed E-state index contributed by atoms with van der Waals surface area (Å²) in [5, 5.41) is 8.58. The van der Waals surface area contributed by atoms with Crippen LogP contribution < -0.4 is 0 Å². The minimum Gasteiger partial charge on any atom is -0.478 e. The molecule has 0 unspecified atom stereocenters. The van der Waals surface area contributed by atoms with Crippen molar-refractivity contribution in [2.24, 2.45) is 0 Å². The molecule has 0 amide bonds. The highest BCUT2D eigenvalue weighted by molar-refractivity contribution is 9.10. The second-order valence-corrected chi connectivity index (χ2v) is 2.55. The standard InChI is InChI=1S/C7H4BrFO2/c8-5-3-4(7(10)11)1-2-6(5)9/h1-3H,(H,10,11)/i1D,3D. The molecule has 0 aliphatic rings. The average Bonchev–Trinajstić information content (AvgIpc) is 1.99. The Bertz CT molecular complexity index is 381. The minimum atomic E-state index is -1.41. The maximum absolute atomic E-state index is 12.8. The van der Waals surface area contributed by atoms with Crippen molar-refractivity contribution in [1.82, 2.24) is 0 Å². The van der Waals surface area contributed by atoms with Gasteiger partial charge in [0.2, 0.25) is 0 Å². The zero-order valence-corrected chi connectivity index (χ0v) is 6.77. The van der Waals surface area contributed by atoms with Gasteiger partial charge in [0.25, 0.3) is 0 Å². The Balaban J connectivity index is 3.53. The van der Waals surface area contributed by atoms with Gasteiger partial charge in [0.05, 0.1) is 12.8 Å². The SMILES string of the molecule is [2H]c1cc(F)c(Br)c([2H])c1C(=O)O. The highest BCUT2D eigenvalue weighted by atomic mass is 79.9. The molecule has 1 aromatic rings. The van der Waals surface area contributed by atoms with Crippen LogP contribution in [0.25, 0.3) is 0 Å². The van der Waals surface area contributed by atoms with Gasteiger partial charge in [-0.2, -0.15) is 0 Å². The van der Waals surface area contributed by atoms with Crippen molar-refractivity contribution >= 4 is 21.9 Å². The third-order valence-corrected chi connectivity index (χ3v) is 1.58. The molecule has 0 atom stereocenters. The van der Waals surface area contributed by atoms with Crippen LogP contribution in [-0.2, 0) is 0 Å². The van der Waals surface area contributed by atoms with Gasteiger partial charge in [-0.15, -0.1) is 0 Å². The lowest BCUT2D eigenvalue weighted by Crippen LogP contribution is -1.95. The number of carboxylic acids is 1. The fraction of sp³-hybridized carbons (Fsp3) is 0. The van der Waals surface area contributed by atoms with Gasteiger partial charge in [-0.1, -0.05) is 0 Å². The lowest BCUT2D eigenvalue weighted by molar-refractivity contribution is 0.0697. The molecule has 11 heavy (non-hydrogen) atoms. The van der Waals surface area contributed by atoms with Crippen molar-refractivity contribution < 1.29 is 17.0 Å². The second-order valence-electron chi connectivity index (χ2n) is 1.76. The van der Waals surface area contributed by atoms with Crippen LogP contribution in [0.5, 0.6) is 0 Å². The van der Waals surface area contributed by atoms with Crippen LogP contribution in [0.2, 0.25) is 0 Å². The van der Waals surface area contributed by atoms with E-state index >= 15 is 0 Å². The molecule has 4 heteroatoms. The lowest BCUT2D eigenvalue weighted by Gasteiger charge is -1.95. The first-order valence-electron chi connectivity index (χ1n) is 3.63. The van der Waals surface area contributed by atoms with Crippen LogP contribution in [0.15, 0.2) is 22.6 Å². The summed E-state index contributed by atoms with van der Waals surface area (Å²) in [6, 6.07) is -0.262. The first-order valence-corrected chi connectivity index (χ1v) is 3.43. The number of halogens is 2. The number of hydrogen-bond donors (Lipinski definition) is 1. The molecule has 0 bridgehead atoms. The Morgan fingerprint density at radius 2 is 2.45 bits per heavy atom. The number of hydrogen-bond acceptors (Lipinski definition) is 1. The summed E-state index contributed by atoms with van der Waals surface area (Å²) in [5.74, 6) is -2.21. The van der Waals surface area contributed by atoms with Crippen molar-refractivity contribution in [2.45, 2.75) is 0 Å². The van der Waals surface area contributed by atoms with Crippen LogP contribution in [0.4, 0.5) is 4.39 Å². The van der Waals surface area contributed by atoms with Gasteiger partial charge in [-0.05, 0) is 34.1 Å². The molecule has 0 aromatic heterocycles. The molecule has 2 nitrogen and oxygen atoms in total. The second kappa shape index (κ2) is 3.00. The van der Waals surface area contributed by atoms with E-state index in [9.17, 15) is 9.18 Å². The van der Waals surface area contributed by atoms with E-state index in [0.29, 0.717) is 0 Å². The fourth-order valence-corrected chi connectivity index (χ4v) is 0.832. The molecule has 0 saturated carbocycles. The Labute approximate surface area is 73.6 Å². The first kappa shape index (κ1) is 5.71. The van der Waals surface area contributed by atoms with Crippen molar-refractivity contribution in [3.63, 3.8) is 0 Å². The molecular weight excluding hydrogens is 215 g/mol. The summed E-state index contributed by atoms with van der Waals surface area (Å²) in [5.41, 5.74) is -0.506. The summed E-state index contributed by atoms with van der Waals surface area (Å²) >= 11 is 2.72. The number of benzene rings is 1. The van der Waals surface area contributed by atoms with E-state index < -0.39 is 29.4 Å². The fourth-order valence-electron chi connectivity index (χ4n) is 0.520. The summed E-state index contributed by atoms with van der Waals surface area (Å²) in [6.07, 6.45) is 0. The maximum atomic E-state index is 12.8. The molecule has 0 radical (unpaired) electrons. The molecule has 0 spiro atoms. The van der Waals surface area contributed by atoms with E-state index in [1.165, 1.54) is 0 Å². The summed E-state index contributed by atoms with van der Waals surface area (Å²) in [6.45, 7) is 0. The predicted molar refractivity (Wildman–Crippen MR) is 41.1 cm³/mol. The quantitative estimate of drug-likeness (QED) is 0.789. The van der Waals surface area contributed by atoms with E-state index in [0.717, 1.165) is 6.07 Å². The predicted octanol–water partition coefficient (Wildman–Crippen LogP) is 2.29. The third-order valence-electron chi connectivity index (χ3n) is 1.00. The highest BCUT2D eigenvalue weighted by Gasteiger charge is 2.05. The van der Waals surface area contributed by atoms with Gasteiger partial charge >= 0.3 is 5.97 Å². The number of carboxylic acid groups (broad SMARTS) is 1. The highest BCUT2D eigenvalue weighted by Crippen LogP contribution is 2.16. The Hall–Kier alpha value is -0.900. The maximum Gasteiger partial charge on any atom is 0.335 e. The summed E-state index contributed by atoms with van der Waals surface area (Å²) < 4.78 is 26.9. The van der Waals surface area contributed by atoms with Gasteiger partial charge in [-0.3, -0.25) is 0 Å². The van der Waals surface area contributed by atoms with Crippen LogP contribution in [0, 0.1) is 5.82 Å². The Morgan fingerprint density at radius 3 is 3.00 bits per heavy atom. The third kappa shape index (κ3) is 1.77. The molecule has 58 valence electrons. The van der Waals surface area contributed by atoms with Gasteiger partial charge < -0.3 is 5.11 Å². The Kier molecular flexibility index (Phi) is 1.56.